The number of hydrogen-bond donors (Lipinski definition) is 2. The number of aliphatic hydroxyl groups is 1. The smallest absolute Gasteiger partial charge is 0.270 e. The molecule has 0 radical (unpaired) electrons. The van der Waals surface area contributed by atoms with Gasteiger partial charge in [0.05, 0.1) is 5.69 Å². The van der Waals surface area contributed by atoms with Gasteiger partial charge in [0.2, 0.25) is 0 Å². The SMILES string of the molecule is CC(C)c1ncc(C(C)(C)O)[nH]c1=O. The Kier molecular flexibility index (Phi) is 2.76. The summed E-state index contributed by atoms with van der Waals surface area (Å²) >= 11 is 0. The van der Waals surface area contributed by atoms with E-state index in [0.717, 1.165) is 0 Å². The molecule has 1 aromatic rings. The first kappa shape index (κ1) is 10.9. The summed E-state index contributed by atoms with van der Waals surface area (Å²) in [7, 11) is 0. The fourth-order valence-corrected chi connectivity index (χ4v) is 1.13. The van der Waals surface area contributed by atoms with Crippen LogP contribution in [-0.2, 0) is 5.60 Å². The summed E-state index contributed by atoms with van der Waals surface area (Å²) in [6, 6.07) is 0. The lowest BCUT2D eigenvalue weighted by atomic mass is 10.1. The van der Waals surface area contributed by atoms with Gasteiger partial charge in [-0.2, -0.15) is 0 Å². The molecular formula is C10H16N2O2. The van der Waals surface area contributed by atoms with Gasteiger partial charge in [0.15, 0.2) is 0 Å². The zero-order chi connectivity index (χ0) is 10.9. The lowest BCUT2D eigenvalue weighted by Gasteiger charge is -2.17. The van der Waals surface area contributed by atoms with E-state index in [4.69, 9.17) is 0 Å². The van der Waals surface area contributed by atoms with Gasteiger partial charge in [-0.1, -0.05) is 13.8 Å². The molecule has 0 saturated carbocycles. The lowest BCUT2D eigenvalue weighted by molar-refractivity contribution is 0.0731. The van der Waals surface area contributed by atoms with Crippen molar-refractivity contribution in [3.05, 3.63) is 27.9 Å². The number of H-pyrrole nitrogens is 1. The first-order valence-corrected chi connectivity index (χ1v) is 4.64. The molecule has 14 heavy (non-hydrogen) atoms. The number of hydrogen-bond acceptors (Lipinski definition) is 3. The summed E-state index contributed by atoms with van der Waals surface area (Å²) in [5, 5.41) is 9.63. The second-order valence-electron chi connectivity index (χ2n) is 4.22. The molecule has 0 amide bonds. The van der Waals surface area contributed by atoms with Gasteiger partial charge < -0.3 is 10.1 Å². The quantitative estimate of drug-likeness (QED) is 0.745. The average molecular weight is 196 g/mol. The van der Waals surface area contributed by atoms with Crippen LogP contribution in [0.5, 0.6) is 0 Å². The Hall–Kier alpha value is -1.16. The van der Waals surface area contributed by atoms with Crippen molar-refractivity contribution in [2.75, 3.05) is 0 Å². The Morgan fingerprint density at radius 1 is 1.50 bits per heavy atom. The predicted octanol–water partition coefficient (Wildman–Crippen LogP) is 1.12. The van der Waals surface area contributed by atoms with E-state index in [1.165, 1.54) is 6.20 Å². The molecule has 1 heterocycles. The Labute approximate surface area is 83.0 Å². The van der Waals surface area contributed by atoms with Gasteiger partial charge in [0, 0.05) is 12.1 Å². The maximum absolute atomic E-state index is 11.5. The largest absolute Gasteiger partial charge is 0.384 e. The molecule has 0 unspecified atom stereocenters. The minimum Gasteiger partial charge on any atom is -0.384 e. The minimum absolute atomic E-state index is 0.0922. The Morgan fingerprint density at radius 3 is 2.43 bits per heavy atom. The van der Waals surface area contributed by atoms with Crippen LogP contribution in [0.15, 0.2) is 11.0 Å². The van der Waals surface area contributed by atoms with Crippen molar-refractivity contribution < 1.29 is 5.11 Å². The van der Waals surface area contributed by atoms with Crippen LogP contribution in [0, 0.1) is 0 Å². The third-order valence-electron chi connectivity index (χ3n) is 2.02. The van der Waals surface area contributed by atoms with Gasteiger partial charge in [0.1, 0.15) is 11.3 Å². The maximum atomic E-state index is 11.5. The van der Waals surface area contributed by atoms with E-state index in [-0.39, 0.29) is 11.5 Å². The second-order valence-corrected chi connectivity index (χ2v) is 4.22. The molecule has 1 rings (SSSR count). The Bertz CT molecular complexity index is 374. The van der Waals surface area contributed by atoms with Gasteiger partial charge in [-0.3, -0.25) is 9.78 Å². The first-order chi connectivity index (χ1) is 6.32. The highest BCUT2D eigenvalue weighted by atomic mass is 16.3. The molecule has 0 aliphatic carbocycles. The van der Waals surface area contributed by atoms with Crippen LogP contribution in [0.25, 0.3) is 0 Å². The van der Waals surface area contributed by atoms with Crippen molar-refractivity contribution >= 4 is 0 Å². The standard InChI is InChI=1S/C10H16N2O2/c1-6(2)8-9(13)12-7(5-11-8)10(3,4)14/h5-6,14H,1-4H3,(H,12,13). The third kappa shape index (κ3) is 2.20. The molecule has 78 valence electrons. The number of rotatable bonds is 2. The number of aromatic nitrogens is 2. The number of nitrogens with zero attached hydrogens (tertiary/aromatic N) is 1. The van der Waals surface area contributed by atoms with Crippen LogP contribution < -0.4 is 5.56 Å². The van der Waals surface area contributed by atoms with Crippen molar-refractivity contribution in [1.29, 1.82) is 0 Å². The van der Waals surface area contributed by atoms with Gasteiger partial charge >= 0.3 is 0 Å². The highest BCUT2D eigenvalue weighted by Crippen LogP contribution is 2.15. The van der Waals surface area contributed by atoms with Crippen LogP contribution >= 0.6 is 0 Å². The molecule has 0 saturated heterocycles. The van der Waals surface area contributed by atoms with Crippen molar-refractivity contribution in [2.45, 2.75) is 39.2 Å². The summed E-state index contributed by atoms with van der Waals surface area (Å²) in [5.74, 6) is 0.0922. The van der Waals surface area contributed by atoms with Crippen molar-refractivity contribution in [3.63, 3.8) is 0 Å². The van der Waals surface area contributed by atoms with Crippen LogP contribution in [0.2, 0.25) is 0 Å². The lowest BCUT2D eigenvalue weighted by Crippen LogP contribution is -2.25. The van der Waals surface area contributed by atoms with Gasteiger partial charge in [-0.15, -0.1) is 0 Å². The fourth-order valence-electron chi connectivity index (χ4n) is 1.13. The summed E-state index contributed by atoms with van der Waals surface area (Å²) in [5.41, 5.74) is -0.341. The van der Waals surface area contributed by atoms with E-state index < -0.39 is 5.60 Å². The normalized spacial score (nSPS) is 12.1. The van der Waals surface area contributed by atoms with E-state index >= 15 is 0 Å². The molecule has 2 N–H and O–H groups in total. The fraction of sp³-hybridized carbons (Fsp3) is 0.600. The molecule has 0 atom stereocenters. The molecule has 0 bridgehead atoms. The molecular weight excluding hydrogens is 180 g/mol. The molecule has 1 aromatic heterocycles. The Balaban J connectivity index is 3.21. The summed E-state index contributed by atoms with van der Waals surface area (Å²) in [4.78, 5) is 18.2. The van der Waals surface area contributed by atoms with Crippen molar-refractivity contribution in [2.24, 2.45) is 0 Å². The Morgan fingerprint density at radius 2 is 2.07 bits per heavy atom. The first-order valence-electron chi connectivity index (χ1n) is 4.64. The molecule has 0 aliphatic heterocycles. The van der Waals surface area contributed by atoms with Crippen LogP contribution in [-0.4, -0.2) is 15.1 Å². The van der Waals surface area contributed by atoms with Gasteiger partial charge in [0.25, 0.3) is 5.56 Å². The second kappa shape index (κ2) is 3.53. The molecule has 0 spiro atoms. The molecule has 4 heteroatoms. The highest BCUT2D eigenvalue weighted by molar-refractivity contribution is 5.10. The summed E-state index contributed by atoms with van der Waals surface area (Å²) < 4.78 is 0. The van der Waals surface area contributed by atoms with Gasteiger partial charge in [-0.25, -0.2) is 0 Å². The van der Waals surface area contributed by atoms with E-state index in [9.17, 15) is 9.90 Å². The van der Waals surface area contributed by atoms with E-state index in [1.54, 1.807) is 13.8 Å². The maximum Gasteiger partial charge on any atom is 0.270 e. The topological polar surface area (TPSA) is 66.0 Å². The van der Waals surface area contributed by atoms with Crippen LogP contribution in [0.3, 0.4) is 0 Å². The van der Waals surface area contributed by atoms with Crippen LogP contribution in [0.1, 0.15) is 45.0 Å². The molecule has 4 nitrogen and oxygen atoms in total. The number of aromatic amines is 1. The van der Waals surface area contributed by atoms with Crippen LogP contribution in [0.4, 0.5) is 0 Å². The minimum atomic E-state index is -1.05. The van der Waals surface area contributed by atoms with Crippen molar-refractivity contribution in [3.8, 4) is 0 Å². The van der Waals surface area contributed by atoms with E-state index in [2.05, 4.69) is 9.97 Å². The molecule has 0 aliphatic rings. The predicted molar refractivity (Wildman–Crippen MR) is 54.2 cm³/mol. The average Bonchev–Trinajstić information content (AvgIpc) is 2.01. The van der Waals surface area contributed by atoms with Gasteiger partial charge in [-0.05, 0) is 13.8 Å². The monoisotopic (exact) mass is 196 g/mol. The third-order valence-corrected chi connectivity index (χ3v) is 2.02. The van der Waals surface area contributed by atoms with E-state index in [0.29, 0.717) is 11.4 Å². The number of nitrogens with one attached hydrogen (secondary N) is 1. The summed E-state index contributed by atoms with van der Waals surface area (Å²) in [6.07, 6.45) is 1.51. The van der Waals surface area contributed by atoms with E-state index in [1.807, 2.05) is 13.8 Å². The summed E-state index contributed by atoms with van der Waals surface area (Å²) in [6.45, 7) is 7.02. The highest BCUT2D eigenvalue weighted by Gasteiger charge is 2.18. The van der Waals surface area contributed by atoms with Crippen molar-refractivity contribution in [1.82, 2.24) is 9.97 Å². The molecule has 0 aromatic carbocycles. The molecule has 0 fully saturated rings. The zero-order valence-electron chi connectivity index (χ0n) is 8.96. The zero-order valence-corrected chi connectivity index (χ0v) is 8.96.